The monoisotopic (exact) mass is 380 g/mol. The summed E-state index contributed by atoms with van der Waals surface area (Å²) in [4.78, 5) is 14.1. The van der Waals surface area contributed by atoms with Gasteiger partial charge in [-0.2, -0.15) is 10.2 Å². The molecular weight excluding hydrogens is 352 g/mol. The van der Waals surface area contributed by atoms with Gasteiger partial charge in [0.15, 0.2) is 5.82 Å². The summed E-state index contributed by atoms with van der Waals surface area (Å²) in [7, 11) is 0. The van der Waals surface area contributed by atoms with Gasteiger partial charge in [0.25, 0.3) is 0 Å². The molecule has 4 heterocycles. The van der Waals surface area contributed by atoms with Crippen LogP contribution in [0.15, 0.2) is 24.5 Å². The summed E-state index contributed by atoms with van der Waals surface area (Å²) >= 11 is 0. The predicted octanol–water partition coefficient (Wildman–Crippen LogP) is 1.91. The zero-order chi connectivity index (χ0) is 19.7. The van der Waals surface area contributed by atoms with E-state index in [1.165, 1.54) is 5.56 Å². The smallest absolute Gasteiger partial charge is 0.159 e. The molecule has 8 nitrogen and oxygen atoms in total. The van der Waals surface area contributed by atoms with E-state index in [1.54, 1.807) is 0 Å². The zero-order valence-electron chi connectivity index (χ0n) is 17.1. The van der Waals surface area contributed by atoms with E-state index < -0.39 is 0 Å². The first-order valence-electron chi connectivity index (χ1n) is 9.83. The van der Waals surface area contributed by atoms with Gasteiger partial charge in [-0.25, -0.2) is 14.6 Å². The second kappa shape index (κ2) is 7.71. The molecule has 1 fully saturated rings. The molecule has 8 heteroatoms. The number of aryl methyl sites for hydroxylation is 4. The number of hydrogen-bond donors (Lipinski definition) is 0. The topological polar surface area (TPSA) is 67.9 Å². The number of aromatic nitrogens is 6. The van der Waals surface area contributed by atoms with Crippen molar-refractivity contribution in [3.05, 3.63) is 47.3 Å². The SMILES string of the molecule is Cc1cnn(CCN2CCN(c3cc(-n4nc(C)cc4C)nc(C)n3)CC2)c1. The lowest BCUT2D eigenvalue weighted by molar-refractivity contribution is 0.244. The molecule has 3 aromatic heterocycles. The summed E-state index contributed by atoms with van der Waals surface area (Å²) in [5, 5.41) is 8.94. The molecule has 0 unspecified atom stereocenters. The van der Waals surface area contributed by atoms with E-state index in [4.69, 9.17) is 0 Å². The van der Waals surface area contributed by atoms with Crippen molar-refractivity contribution in [1.82, 2.24) is 34.4 Å². The van der Waals surface area contributed by atoms with Crippen LogP contribution in [0.5, 0.6) is 0 Å². The highest BCUT2D eigenvalue weighted by Gasteiger charge is 2.19. The van der Waals surface area contributed by atoms with Gasteiger partial charge in [-0.15, -0.1) is 0 Å². The second-order valence-electron chi connectivity index (χ2n) is 7.58. The van der Waals surface area contributed by atoms with Gasteiger partial charge in [-0.3, -0.25) is 9.58 Å². The molecular formula is C20H28N8. The van der Waals surface area contributed by atoms with Crippen LogP contribution in [-0.4, -0.2) is 67.2 Å². The number of rotatable bonds is 5. The molecule has 148 valence electrons. The Morgan fingerprint density at radius 3 is 2.29 bits per heavy atom. The van der Waals surface area contributed by atoms with Crippen LogP contribution in [0.3, 0.4) is 0 Å². The highest BCUT2D eigenvalue weighted by atomic mass is 15.3. The van der Waals surface area contributed by atoms with Crippen LogP contribution in [-0.2, 0) is 6.54 Å². The molecule has 4 rings (SSSR count). The Kier molecular flexibility index (Phi) is 5.13. The van der Waals surface area contributed by atoms with E-state index in [9.17, 15) is 0 Å². The fraction of sp³-hybridized carbons (Fsp3) is 0.500. The summed E-state index contributed by atoms with van der Waals surface area (Å²) in [5.74, 6) is 2.60. The Bertz CT molecular complexity index is 949. The minimum atomic E-state index is 0.775. The average molecular weight is 381 g/mol. The first-order valence-corrected chi connectivity index (χ1v) is 9.83. The van der Waals surface area contributed by atoms with E-state index in [2.05, 4.69) is 62.1 Å². The Balaban J connectivity index is 1.41. The van der Waals surface area contributed by atoms with Gasteiger partial charge in [0.05, 0.1) is 18.4 Å². The van der Waals surface area contributed by atoms with Gasteiger partial charge >= 0.3 is 0 Å². The molecule has 3 aromatic rings. The molecule has 1 aliphatic rings. The lowest BCUT2D eigenvalue weighted by Gasteiger charge is -2.35. The second-order valence-corrected chi connectivity index (χ2v) is 7.58. The van der Waals surface area contributed by atoms with Crippen LogP contribution in [0.4, 0.5) is 5.82 Å². The normalized spacial score (nSPS) is 15.4. The van der Waals surface area contributed by atoms with Crippen molar-refractivity contribution in [2.45, 2.75) is 34.2 Å². The van der Waals surface area contributed by atoms with Crippen molar-refractivity contribution in [3.63, 3.8) is 0 Å². The van der Waals surface area contributed by atoms with Gasteiger partial charge in [0, 0.05) is 50.7 Å². The molecule has 0 aromatic carbocycles. The summed E-state index contributed by atoms with van der Waals surface area (Å²) in [6, 6.07) is 4.12. The maximum absolute atomic E-state index is 4.68. The maximum Gasteiger partial charge on any atom is 0.159 e. The van der Waals surface area contributed by atoms with Crippen LogP contribution in [0.1, 0.15) is 22.8 Å². The fourth-order valence-electron chi connectivity index (χ4n) is 3.70. The predicted molar refractivity (Wildman–Crippen MR) is 109 cm³/mol. The van der Waals surface area contributed by atoms with Crippen LogP contribution in [0.2, 0.25) is 0 Å². The minimum absolute atomic E-state index is 0.775. The van der Waals surface area contributed by atoms with Crippen molar-refractivity contribution in [2.24, 2.45) is 0 Å². The van der Waals surface area contributed by atoms with Gasteiger partial charge in [0.1, 0.15) is 11.6 Å². The van der Waals surface area contributed by atoms with Crippen LogP contribution >= 0.6 is 0 Å². The summed E-state index contributed by atoms with van der Waals surface area (Å²) in [6.07, 6.45) is 4.01. The quantitative estimate of drug-likeness (QED) is 0.674. The number of hydrogen-bond acceptors (Lipinski definition) is 6. The summed E-state index contributed by atoms with van der Waals surface area (Å²) in [6.45, 7) is 14.0. The van der Waals surface area contributed by atoms with Gasteiger partial charge in [-0.05, 0) is 39.3 Å². The fourth-order valence-corrected chi connectivity index (χ4v) is 3.70. The average Bonchev–Trinajstić information content (AvgIpc) is 3.24. The van der Waals surface area contributed by atoms with Crippen molar-refractivity contribution in [2.75, 3.05) is 37.6 Å². The third-order valence-corrected chi connectivity index (χ3v) is 5.14. The molecule has 28 heavy (non-hydrogen) atoms. The van der Waals surface area contributed by atoms with Crippen molar-refractivity contribution >= 4 is 5.82 Å². The van der Waals surface area contributed by atoms with Gasteiger partial charge in [-0.1, -0.05) is 0 Å². The molecule has 1 saturated heterocycles. The van der Waals surface area contributed by atoms with Crippen LogP contribution < -0.4 is 4.90 Å². The molecule has 0 bridgehead atoms. The number of anilines is 1. The number of nitrogens with zero attached hydrogens (tertiary/aromatic N) is 8. The third kappa shape index (κ3) is 4.06. The Hall–Kier alpha value is -2.74. The lowest BCUT2D eigenvalue weighted by atomic mass is 10.3. The molecule has 0 N–H and O–H groups in total. The highest BCUT2D eigenvalue weighted by molar-refractivity contribution is 5.45. The van der Waals surface area contributed by atoms with Crippen molar-refractivity contribution in [1.29, 1.82) is 0 Å². The zero-order valence-corrected chi connectivity index (χ0v) is 17.1. The summed E-state index contributed by atoms with van der Waals surface area (Å²) in [5.41, 5.74) is 3.29. The highest BCUT2D eigenvalue weighted by Crippen LogP contribution is 2.18. The van der Waals surface area contributed by atoms with E-state index in [-0.39, 0.29) is 0 Å². The van der Waals surface area contributed by atoms with Crippen LogP contribution in [0, 0.1) is 27.7 Å². The lowest BCUT2D eigenvalue weighted by Crippen LogP contribution is -2.47. The molecule has 0 radical (unpaired) electrons. The summed E-state index contributed by atoms with van der Waals surface area (Å²) < 4.78 is 3.92. The van der Waals surface area contributed by atoms with Gasteiger partial charge in [0.2, 0.25) is 0 Å². The van der Waals surface area contributed by atoms with Crippen molar-refractivity contribution in [3.8, 4) is 5.82 Å². The van der Waals surface area contributed by atoms with Crippen LogP contribution in [0.25, 0.3) is 5.82 Å². The molecule has 0 atom stereocenters. The maximum atomic E-state index is 4.68. The Morgan fingerprint density at radius 1 is 0.893 bits per heavy atom. The molecule has 0 saturated carbocycles. The van der Waals surface area contributed by atoms with E-state index in [1.807, 2.05) is 29.4 Å². The van der Waals surface area contributed by atoms with E-state index in [0.29, 0.717) is 0 Å². The van der Waals surface area contributed by atoms with Gasteiger partial charge < -0.3 is 4.90 Å². The molecule has 0 aliphatic carbocycles. The molecule has 1 aliphatic heterocycles. The number of piperazine rings is 1. The third-order valence-electron chi connectivity index (χ3n) is 5.14. The van der Waals surface area contributed by atoms with E-state index in [0.717, 1.165) is 68.1 Å². The Morgan fingerprint density at radius 2 is 1.64 bits per heavy atom. The first kappa shape index (κ1) is 18.6. The standard InChI is InChI=1S/C20H28N8/c1-15-13-21-27(14-15)10-7-25-5-8-26(9-6-25)19-12-20(23-18(4)22-19)28-17(3)11-16(2)24-28/h11-14H,5-10H2,1-4H3. The van der Waals surface area contributed by atoms with E-state index >= 15 is 0 Å². The minimum Gasteiger partial charge on any atom is -0.354 e. The Labute approximate surface area is 165 Å². The molecule has 0 spiro atoms. The first-order chi connectivity index (χ1) is 13.5. The largest absolute Gasteiger partial charge is 0.354 e. The van der Waals surface area contributed by atoms with Crippen molar-refractivity contribution < 1.29 is 0 Å². The molecule has 0 amide bonds.